The molecule has 0 heterocycles. The van der Waals surface area contributed by atoms with Gasteiger partial charge in [-0.3, -0.25) is 0 Å². The molecule has 0 fully saturated rings. The van der Waals surface area contributed by atoms with Crippen molar-refractivity contribution < 1.29 is 15.4 Å². The largest absolute Gasteiger partial charge is 0.147 e. The fourth-order valence-corrected chi connectivity index (χ4v) is 2.06. The minimum atomic E-state index is 0. The monoisotopic (exact) mass is 399 g/mol. The number of halogens is 4. The Balaban J connectivity index is -0.000000163. The maximum atomic E-state index is 3.73. The average molecular weight is 402 g/mol. The predicted octanol–water partition coefficient (Wildman–Crippen LogP) is 3.93. The summed E-state index contributed by atoms with van der Waals surface area (Å²) < 4.78 is 4.33. The second-order valence-electron chi connectivity index (χ2n) is 2.77. The molecule has 0 aromatic rings. The van der Waals surface area contributed by atoms with Crippen molar-refractivity contribution in [3.8, 4) is 0 Å². The Morgan fingerprint density at radius 1 is 0.579 bits per heavy atom. The standard InChI is InChI=1S/2C6H10N.4ClH.Cu/c2*1-3-5-7-6-4-2;;;;;/h2*3-4H,1-2,5-6H2;4*1H;/q2*-1;;;;;+2. The van der Waals surface area contributed by atoms with Gasteiger partial charge in [0.1, 0.15) is 0 Å². The van der Waals surface area contributed by atoms with Crippen molar-refractivity contribution in [2.45, 2.75) is 0 Å². The average Bonchev–Trinajstić information content (AvgIpc) is 2.19. The second-order valence-corrected chi connectivity index (χ2v) is 4.15. The van der Waals surface area contributed by atoms with Crippen LogP contribution in [0.1, 0.15) is 0 Å². The van der Waals surface area contributed by atoms with Crippen LogP contribution in [0.15, 0.2) is 50.6 Å². The first-order chi connectivity index (χ1) is 7.28. The Kier molecular flexibility index (Phi) is 39.5. The summed E-state index contributed by atoms with van der Waals surface area (Å²) in [6.45, 7) is 18.2. The third-order valence-electron chi connectivity index (χ3n) is 1.42. The summed E-state index contributed by atoms with van der Waals surface area (Å²) in [6, 6.07) is 0. The molecule has 0 aliphatic rings. The maximum Gasteiger partial charge on any atom is -0.147 e. The quantitative estimate of drug-likeness (QED) is 0.404. The number of hydrogen-bond donors (Lipinski definition) is 0. The Hall–Kier alpha value is 0.559. The van der Waals surface area contributed by atoms with Gasteiger partial charge in [0.05, 0.1) is 0 Å². The van der Waals surface area contributed by atoms with Crippen LogP contribution in [-0.4, -0.2) is 34.0 Å². The Labute approximate surface area is 149 Å². The van der Waals surface area contributed by atoms with Crippen molar-refractivity contribution in [1.82, 2.24) is 7.83 Å². The molecule has 0 aromatic carbocycles. The first kappa shape index (κ1) is 31.8. The van der Waals surface area contributed by atoms with Crippen LogP contribution in [0.5, 0.6) is 0 Å². The van der Waals surface area contributed by atoms with Gasteiger partial charge in [-0.2, -0.15) is 0 Å². The van der Waals surface area contributed by atoms with E-state index in [0.717, 1.165) is 26.2 Å². The fourth-order valence-electron chi connectivity index (χ4n) is 0.889. The first-order valence-electron chi connectivity index (χ1n) is 4.80. The van der Waals surface area contributed by atoms with E-state index in [-0.39, 0.29) is 49.6 Å². The number of nitrogens with zero attached hydrogens (tertiary/aromatic N) is 2. The molecule has 0 saturated carbocycles. The summed E-state index contributed by atoms with van der Waals surface area (Å²) in [5, 5.41) is 0. The Morgan fingerprint density at radius 3 is 0.947 bits per heavy atom. The van der Waals surface area contributed by atoms with Gasteiger partial charge < -0.3 is 0 Å². The normalized spacial score (nSPS) is 8.32. The Morgan fingerprint density at radius 2 is 0.789 bits per heavy atom. The van der Waals surface area contributed by atoms with Gasteiger partial charge in [-0.1, -0.05) is 0 Å². The van der Waals surface area contributed by atoms with E-state index in [9.17, 15) is 0 Å². The van der Waals surface area contributed by atoms with Gasteiger partial charge in [0.25, 0.3) is 0 Å². The smallest absolute Gasteiger partial charge is 0.147 e. The molecule has 0 aromatic heterocycles. The van der Waals surface area contributed by atoms with E-state index in [1.54, 1.807) is 15.4 Å². The second kappa shape index (κ2) is 23.6. The van der Waals surface area contributed by atoms with Crippen LogP contribution < -0.4 is 0 Å². The molecule has 0 rings (SSSR count). The van der Waals surface area contributed by atoms with Crippen molar-refractivity contribution in [2.75, 3.05) is 26.2 Å². The molecule has 0 radical (unpaired) electrons. The molecule has 0 atom stereocenters. The van der Waals surface area contributed by atoms with Crippen molar-refractivity contribution in [1.29, 1.82) is 0 Å². The van der Waals surface area contributed by atoms with Crippen LogP contribution in [-0.2, 0) is 15.4 Å². The zero-order valence-corrected chi connectivity index (χ0v) is 15.0. The first-order valence-corrected chi connectivity index (χ1v) is 5.64. The molecule has 0 unspecified atom stereocenters. The van der Waals surface area contributed by atoms with Gasteiger partial charge in [0.2, 0.25) is 0 Å². The summed E-state index contributed by atoms with van der Waals surface area (Å²) >= 11 is 1.77. The van der Waals surface area contributed by atoms with E-state index in [2.05, 4.69) is 34.1 Å². The van der Waals surface area contributed by atoms with Crippen LogP contribution in [0.2, 0.25) is 0 Å². The molecule has 0 N–H and O–H groups in total. The van der Waals surface area contributed by atoms with Crippen molar-refractivity contribution >= 4 is 49.6 Å². The van der Waals surface area contributed by atoms with Gasteiger partial charge >= 0.3 is 100 Å². The summed E-state index contributed by atoms with van der Waals surface area (Å²) in [6.07, 6.45) is 7.53. The summed E-state index contributed by atoms with van der Waals surface area (Å²) in [5.74, 6) is 0. The SMILES string of the molecule is C=CC[N](CC=C)[Cu][N](CC=C)CC=C.Cl.Cl.Cl.Cl. The van der Waals surface area contributed by atoms with Crippen LogP contribution in [0.4, 0.5) is 0 Å². The van der Waals surface area contributed by atoms with E-state index in [4.69, 9.17) is 0 Å². The minimum absolute atomic E-state index is 0. The molecule has 0 bridgehead atoms. The van der Waals surface area contributed by atoms with E-state index in [0.29, 0.717) is 0 Å². The third-order valence-corrected chi connectivity index (χ3v) is 2.64. The van der Waals surface area contributed by atoms with Crippen molar-refractivity contribution in [3.05, 3.63) is 50.6 Å². The summed E-state index contributed by atoms with van der Waals surface area (Å²) in [7, 11) is 0. The molecule has 19 heavy (non-hydrogen) atoms. The molecular weight excluding hydrogens is 378 g/mol. The van der Waals surface area contributed by atoms with Gasteiger partial charge in [-0.05, 0) is 0 Å². The minimum Gasteiger partial charge on any atom is -0.147 e. The molecule has 0 saturated heterocycles. The molecule has 0 spiro atoms. The van der Waals surface area contributed by atoms with Gasteiger partial charge in [-0.15, -0.1) is 49.6 Å². The molecular formula is C12H24Cl4CuN2. The zero-order chi connectivity index (χ0) is 11.5. The van der Waals surface area contributed by atoms with E-state index in [1.165, 1.54) is 0 Å². The van der Waals surface area contributed by atoms with Crippen LogP contribution >= 0.6 is 49.6 Å². The molecule has 7 heteroatoms. The van der Waals surface area contributed by atoms with Gasteiger partial charge in [-0.25, -0.2) is 0 Å². The molecule has 2 nitrogen and oxygen atoms in total. The summed E-state index contributed by atoms with van der Waals surface area (Å²) in [4.78, 5) is 0. The maximum absolute atomic E-state index is 3.73. The Bertz CT molecular complexity index is 186. The zero-order valence-electron chi connectivity index (χ0n) is 10.8. The predicted molar refractivity (Wildman–Crippen MR) is 92.9 cm³/mol. The summed E-state index contributed by atoms with van der Waals surface area (Å²) in [5.41, 5.74) is 0. The van der Waals surface area contributed by atoms with E-state index < -0.39 is 0 Å². The van der Waals surface area contributed by atoms with Crippen LogP contribution in [0.25, 0.3) is 0 Å². The van der Waals surface area contributed by atoms with Crippen molar-refractivity contribution in [3.63, 3.8) is 0 Å². The molecule has 121 valence electrons. The number of rotatable bonds is 10. The fraction of sp³-hybridized carbons (Fsp3) is 0.333. The van der Waals surface area contributed by atoms with Gasteiger partial charge in [0.15, 0.2) is 0 Å². The molecule has 0 aliphatic heterocycles. The van der Waals surface area contributed by atoms with E-state index in [1.807, 2.05) is 24.3 Å². The molecule has 0 amide bonds. The van der Waals surface area contributed by atoms with Crippen LogP contribution in [0, 0.1) is 0 Å². The number of hydrogen-bond acceptors (Lipinski definition) is 2. The van der Waals surface area contributed by atoms with E-state index >= 15 is 0 Å². The van der Waals surface area contributed by atoms with Crippen molar-refractivity contribution in [2.24, 2.45) is 0 Å². The van der Waals surface area contributed by atoms with Gasteiger partial charge in [0, 0.05) is 0 Å². The topological polar surface area (TPSA) is 6.48 Å². The third kappa shape index (κ3) is 18.6. The molecule has 0 aliphatic carbocycles. The van der Waals surface area contributed by atoms with Crippen LogP contribution in [0.3, 0.4) is 0 Å².